The normalized spacial score (nSPS) is 18.8. The minimum absolute atomic E-state index is 0.196. The summed E-state index contributed by atoms with van der Waals surface area (Å²) in [5.74, 6) is -0.196. The van der Waals surface area contributed by atoms with E-state index in [-0.39, 0.29) is 10.8 Å². The van der Waals surface area contributed by atoms with Gasteiger partial charge in [-0.2, -0.15) is 4.31 Å². The highest BCUT2D eigenvalue weighted by molar-refractivity contribution is 7.89. The van der Waals surface area contributed by atoms with Crippen LogP contribution in [0.1, 0.15) is 60.9 Å². The lowest BCUT2D eigenvalue weighted by molar-refractivity contribution is 0.102. The Labute approximate surface area is 191 Å². The Morgan fingerprint density at radius 1 is 0.750 bits per heavy atom. The van der Waals surface area contributed by atoms with Gasteiger partial charge < -0.3 is 5.32 Å². The molecule has 0 radical (unpaired) electrons. The lowest BCUT2D eigenvalue weighted by Crippen LogP contribution is -2.35. The largest absolute Gasteiger partial charge is 0.322 e. The molecule has 0 spiro atoms. The third-order valence-electron chi connectivity index (χ3n) is 6.39. The number of rotatable bonds is 6. The summed E-state index contributed by atoms with van der Waals surface area (Å²) in [6.07, 6.45) is 8.06. The standard InChI is InChI=1S/C25H33N3O3S/c29-25(22-10-8-21(9-11-22)20-27-16-4-1-2-5-17-27)26-23-12-14-24(15-13-23)32(30,31)28-18-6-3-7-19-28/h8-15H,1-7,16-20H2,(H,26,29). The van der Waals surface area contributed by atoms with Crippen molar-refractivity contribution < 1.29 is 13.2 Å². The molecule has 172 valence electrons. The summed E-state index contributed by atoms with van der Waals surface area (Å²) in [4.78, 5) is 15.4. The predicted octanol–water partition coefficient (Wildman–Crippen LogP) is 4.49. The van der Waals surface area contributed by atoms with Crippen molar-refractivity contribution in [2.24, 2.45) is 0 Å². The quantitative estimate of drug-likeness (QED) is 0.697. The molecule has 2 fully saturated rings. The molecule has 7 heteroatoms. The zero-order valence-corrected chi connectivity index (χ0v) is 19.4. The molecule has 0 aromatic heterocycles. The van der Waals surface area contributed by atoms with Crippen LogP contribution in [0.3, 0.4) is 0 Å². The molecule has 2 aliphatic rings. The van der Waals surface area contributed by atoms with Crippen molar-refractivity contribution in [2.45, 2.75) is 56.4 Å². The molecule has 0 atom stereocenters. The number of carbonyl (C=O) groups is 1. The predicted molar refractivity (Wildman–Crippen MR) is 127 cm³/mol. The number of amides is 1. The first kappa shape index (κ1) is 23.0. The SMILES string of the molecule is O=C(Nc1ccc(S(=O)(=O)N2CCCCC2)cc1)c1ccc(CN2CCCCCC2)cc1. The van der Waals surface area contributed by atoms with E-state index < -0.39 is 10.0 Å². The molecule has 1 amide bonds. The summed E-state index contributed by atoms with van der Waals surface area (Å²) in [5, 5.41) is 2.87. The van der Waals surface area contributed by atoms with E-state index in [1.807, 2.05) is 24.3 Å². The zero-order chi connectivity index (χ0) is 22.4. The van der Waals surface area contributed by atoms with Crippen LogP contribution in [0.25, 0.3) is 0 Å². The fraction of sp³-hybridized carbons (Fsp3) is 0.480. The Hall–Kier alpha value is -2.22. The van der Waals surface area contributed by atoms with Crippen LogP contribution in [0.2, 0.25) is 0 Å². The molecule has 0 aliphatic carbocycles. The van der Waals surface area contributed by atoms with Crippen molar-refractivity contribution in [3.63, 3.8) is 0 Å². The highest BCUT2D eigenvalue weighted by atomic mass is 32.2. The van der Waals surface area contributed by atoms with E-state index in [0.29, 0.717) is 24.3 Å². The number of nitrogens with one attached hydrogen (secondary N) is 1. The number of piperidine rings is 1. The molecule has 2 aromatic carbocycles. The highest BCUT2D eigenvalue weighted by Gasteiger charge is 2.25. The van der Waals surface area contributed by atoms with Gasteiger partial charge in [0.1, 0.15) is 0 Å². The molecule has 0 unspecified atom stereocenters. The van der Waals surface area contributed by atoms with E-state index in [0.717, 1.165) is 38.9 Å². The van der Waals surface area contributed by atoms with Gasteiger partial charge in [-0.1, -0.05) is 31.4 Å². The molecule has 1 N–H and O–H groups in total. The molecule has 4 rings (SSSR count). The molecular formula is C25H33N3O3S. The maximum atomic E-state index is 12.8. The highest BCUT2D eigenvalue weighted by Crippen LogP contribution is 2.22. The number of sulfonamides is 1. The summed E-state index contributed by atoms with van der Waals surface area (Å²) < 4.78 is 27.1. The number of hydrogen-bond acceptors (Lipinski definition) is 4. The number of nitrogens with zero attached hydrogens (tertiary/aromatic N) is 2. The van der Waals surface area contributed by atoms with Crippen LogP contribution < -0.4 is 5.32 Å². The van der Waals surface area contributed by atoms with Crippen LogP contribution in [-0.2, 0) is 16.6 Å². The lowest BCUT2D eigenvalue weighted by Gasteiger charge is -2.25. The number of likely N-dealkylation sites (tertiary alicyclic amines) is 1. The molecule has 32 heavy (non-hydrogen) atoms. The van der Waals surface area contributed by atoms with Crippen LogP contribution in [0, 0.1) is 0 Å². The van der Waals surface area contributed by atoms with Gasteiger partial charge in [0, 0.05) is 30.9 Å². The number of carbonyl (C=O) groups excluding carboxylic acids is 1. The Morgan fingerprint density at radius 2 is 1.31 bits per heavy atom. The van der Waals surface area contributed by atoms with Crippen molar-refractivity contribution in [1.29, 1.82) is 0 Å². The Morgan fingerprint density at radius 3 is 1.94 bits per heavy atom. The molecule has 6 nitrogen and oxygen atoms in total. The van der Waals surface area contributed by atoms with Crippen molar-refractivity contribution in [2.75, 3.05) is 31.5 Å². The fourth-order valence-corrected chi connectivity index (χ4v) is 6.00. The second-order valence-corrected chi connectivity index (χ2v) is 10.8. The van der Waals surface area contributed by atoms with Crippen LogP contribution >= 0.6 is 0 Å². The van der Waals surface area contributed by atoms with Gasteiger partial charge in [-0.3, -0.25) is 9.69 Å². The second kappa shape index (κ2) is 10.6. The van der Waals surface area contributed by atoms with Gasteiger partial charge in [0.25, 0.3) is 5.91 Å². The summed E-state index contributed by atoms with van der Waals surface area (Å²) >= 11 is 0. The Balaban J connectivity index is 1.35. The summed E-state index contributed by atoms with van der Waals surface area (Å²) in [7, 11) is -3.46. The minimum atomic E-state index is -3.46. The first-order valence-corrected chi connectivity index (χ1v) is 13.2. The second-order valence-electron chi connectivity index (χ2n) is 8.83. The maximum Gasteiger partial charge on any atom is 0.255 e. The Bertz CT molecular complexity index is 990. The third-order valence-corrected chi connectivity index (χ3v) is 8.30. The van der Waals surface area contributed by atoms with Crippen LogP contribution in [-0.4, -0.2) is 49.7 Å². The van der Waals surface area contributed by atoms with Gasteiger partial charge in [0.2, 0.25) is 10.0 Å². The van der Waals surface area contributed by atoms with Gasteiger partial charge in [0.15, 0.2) is 0 Å². The molecule has 2 heterocycles. The summed E-state index contributed by atoms with van der Waals surface area (Å²) in [6, 6.07) is 14.2. The van der Waals surface area contributed by atoms with Crippen molar-refractivity contribution >= 4 is 21.6 Å². The van der Waals surface area contributed by atoms with E-state index in [2.05, 4.69) is 10.2 Å². The lowest BCUT2D eigenvalue weighted by atomic mass is 10.1. The van der Waals surface area contributed by atoms with E-state index in [9.17, 15) is 13.2 Å². The van der Waals surface area contributed by atoms with E-state index in [1.54, 1.807) is 28.6 Å². The average Bonchev–Trinajstić information content (AvgIpc) is 3.09. The van der Waals surface area contributed by atoms with Crippen molar-refractivity contribution in [3.05, 3.63) is 59.7 Å². The molecule has 2 aromatic rings. The van der Waals surface area contributed by atoms with E-state index in [1.165, 1.54) is 31.2 Å². The zero-order valence-electron chi connectivity index (χ0n) is 18.6. The molecule has 2 aliphatic heterocycles. The summed E-state index contributed by atoms with van der Waals surface area (Å²) in [6.45, 7) is 4.37. The maximum absolute atomic E-state index is 12.8. The van der Waals surface area contributed by atoms with Gasteiger partial charge in [-0.15, -0.1) is 0 Å². The first-order valence-electron chi connectivity index (χ1n) is 11.8. The Kier molecular flexibility index (Phi) is 7.60. The minimum Gasteiger partial charge on any atom is -0.322 e. The number of anilines is 1. The van der Waals surface area contributed by atoms with Gasteiger partial charge in [0.05, 0.1) is 4.90 Å². The number of benzene rings is 2. The van der Waals surface area contributed by atoms with Gasteiger partial charge in [-0.25, -0.2) is 8.42 Å². The first-order chi connectivity index (χ1) is 15.5. The van der Waals surface area contributed by atoms with Gasteiger partial charge in [-0.05, 0) is 80.7 Å². The van der Waals surface area contributed by atoms with Crippen molar-refractivity contribution in [1.82, 2.24) is 9.21 Å². The van der Waals surface area contributed by atoms with E-state index >= 15 is 0 Å². The van der Waals surface area contributed by atoms with Crippen molar-refractivity contribution in [3.8, 4) is 0 Å². The van der Waals surface area contributed by atoms with Crippen LogP contribution in [0.5, 0.6) is 0 Å². The monoisotopic (exact) mass is 455 g/mol. The average molecular weight is 456 g/mol. The van der Waals surface area contributed by atoms with E-state index in [4.69, 9.17) is 0 Å². The van der Waals surface area contributed by atoms with Crippen LogP contribution in [0.15, 0.2) is 53.4 Å². The molecule has 0 saturated carbocycles. The van der Waals surface area contributed by atoms with Gasteiger partial charge >= 0.3 is 0 Å². The molecule has 2 saturated heterocycles. The third kappa shape index (κ3) is 5.77. The smallest absolute Gasteiger partial charge is 0.255 e. The topological polar surface area (TPSA) is 69.7 Å². The fourth-order valence-electron chi connectivity index (χ4n) is 4.48. The number of hydrogen-bond donors (Lipinski definition) is 1. The van der Waals surface area contributed by atoms with Crippen LogP contribution in [0.4, 0.5) is 5.69 Å². The molecule has 0 bridgehead atoms. The molecular weight excluding hydrogens is 422 g/mol. The summed E-state index contributed by atoms with van der Waals surface area (Å²) in [5.41, 5.74) is 2.39.